The number of hydrogen-bond acceptors (Lipinski definition) is 7. The summed E-state index contributed by atoms with van der Waals surface area (Å²) < 4.78 is 5.12. The van der Waals surface area contributed by atoms with Crippen molar-refractivity contribution in [2.75, 3.05) is 7.11 Å². The summed E-state index contributed by atoms with van der Waals surface area (Å²) in [7, 11) is 1.66. The van der Waals surface area contributed by atoms with Gasteiger partial charge in [0.05, 0.1) is 13.2 Å². The first-order valence-electron chi connectivity index (χ1n) is 7.79. The van der Waals surface area contributed by atoms with Crippen molar-refractivity contribution in [3.05, 3.63) is 29.8 Å². The summed E-state index contributed by atoms with van der Waals surface area (Å²) in [6, 6.07) is 10.3. The number of rotatable bonds is 5. The summed E-state index contributed by atoms with van der Waals surface area (Å²) >= 11 is 0. The zero-order valence-corrected chi connectivity index (χ0v) is 14.2. The molecule has 0 radical (unpaired) electrons. The van der Waals surface area contributed by atoms with Crippen LogP contribution in [0.2, 0.25) is 0 Å². The van der Waals surface area contributed by atoms with E-state index in [-0.39, 0.29) is 0 Å². The third-order valence-corrected chi connectivity index (χ3v) is 4.16. The van der Waals surface area contributed by atoms with Crippen LogP contribution in [0.4, 0.5) is 0 Å². The number of nitrogens with zero attached hydrogens (tertiary/aromatic N) is 1. The molecule has 0 unspecified atom stereocenters. The van der Waals surface area contributed by atoms with E-state index < -0.39 is 29.7 Å². The van der Waals surface area contributed by atoms with Crippen LogP contribution in [0, 0.1) is 11.3 Å². The molecule has 26 heavy (non-hydrogen) atoms. The first-order valence-corrected chi connectivity index (χ1v) is 7.79. The molecule has 0 amide bonds. The lowest BCUT2D eigenvalue weighted by Crippen LogP contribution is -2.39. The van der Waals surface area contributed by atoms with Gasteiger partial charge in [0.1, 0.15) is 11.3 Å². The van der Waals surface area contributed by atoms with Crippen LogP contribution in [0.1, 0.15) is 30.7 Å². The first-order chi connectivity index (χ1) is 12.1. The number of ether oxygens (including phenoxy) is 1. The fourth-order valence-electron chi connectivity index (χ4n) is 2.61. The number of nitrogens with two attached hydrogens (primary N) is 1. The van der Waals surface area contributed by atoms with Crippen molar-refractivity contribution < 1.29 is 34.8 Å². The second-order valence-corrected chi connectivity index (χ2v) is 6.05. The number of aliphatic carboxylic acids is 2. The number of carboxylic acids is 2. The van der Waals surface area contributed by atoms with Crippen LogP contribution in [0.25, 0.3) is 0 Å². The maximum Gasteiger partial charge on any atom is 0.335 e. The van der Waals surface area contributed by atoms with Crippen molar-refractivity contribution in [1.82, 2.24) is 0 Å². The Morgan fingerprint density at radius 2 is 1.73 bits per heavy atom. The van der Waals surface area contributed by atoms with Crippen LogP contribution >= 0.6 is 0 Å². The Morgan fingerprint density at radius 3 is 2.08 bits per heavy atom. The van der Waals surface area contributed by atoms with E-state index in [4.69, 9.17) is 36.2 Å². The van der Waals surface area contributed by atoms with Gasteiger partial charge in [-0.25, -0.2) is 9.59 Å². The highest BCUT2D eigenvalue weighted by molar-refractivity contribution is 5.83. The third-order valence-electron chi connectivity index (χ3n) is 4.16. The average Bonchev–Trinajstić information content (AvgIpc) is 3.03. The van der Waals surface area contributed by atoms with Gasteiger partial charge in [0, 0.05) is 0 Å². The van der Waals surface area contributed by atoms with Gasteiger partial charge >= 0.3 is 11.9 Å². The molecular formula is C17H22N2O7. The molecule has 9 heteroatoms. The highest BCUT2D eigenvalue weighted by atomic mass is 16.5. The topological polar surface area (TPSA) is 174 Å². The predicted molar refractivity (Wildman–Crippen MR) is 89.4 cm³/mol. The fourth-order valence-corrected chi connectivity index (χ4v) is 2.61. The molecule has 142 valence electrons. The molecule has 6 N–H and O–H groups in total. The minimum Gasteiger partial charge on any atom is -0.497 e. The van der Waals surface area contributed by atoms with E-state index in [1.54, 1.807) is 7.11 Å². The molecule has 1 aromatic carbocycles. The maximum atomic E-state index is 9.77. The van der Waals surface area contributed by atoms with Crippen molar-refractivity contribution in [2.24, 2.45) is 5.73 Å². The number of benzene rings is 1. The molecule has 0 spiro atoms. The summed E-state index contributed by atoms with van der Waals surface area (Å²) in [4.78, 5) is 19.5. The standard InChI is InChI=1S/C13H16N2O.C4H6O6/c1-16-12-4-2-10(3-5-12)11-6-7-13(15,8-11)9-14;5-1(3(7)8)2(6)4(9)10/h2-5,11H,6-8,15H2,1H3;1-2,5-6H,(H,7,8)(H,9,10)/t11-,13-;1-,2-/m11/s1. The summed E-state index contributed by atoms with van der Waals surface area (Å²) in [5.74, 6) is -2.26. The van der Waals surface area contributed by atoms with Crippen molar-refractivity contribution in [2.45, 2.75) is 42.9 Å². The number of hydrogen-bond donors (Lipinski definition) is 5. The van der Waals surface area contributed by atoms with E-state index in [1.165, 1.54) is 5.56 Å². The molecule has 1 aliphatic carbocycles. The number of carboxylic acid groups (broad SMARTS) is 2. The fraction of sp³-hybridized carbons (Fsp3) is 0.471. The molecule has 1 aliphatic rings. The Kier molecular flexibility index (Phi) is 7.52. The summed E-state index contributed by atoms with van der Waals surface area (Å²) in [5.41, 5.74) is 6.59. The smallest absolute Gasteiger partial charge is 0.335 e. The van der Waals surface area contributed by atoms with E-state index in [2.05, 4.69) is 18.2 Å². The molecule has 4 atom stereocenters. The summed E-state index contributed by atoms with van der Waals surface area (Å²) in [6.45, 7) is 0. The SMILES string of the molecule is COc1ccc([C@@H]2CC[C@](N)(C#N)C2)cc1.O=C(O)[C@H](O)[C@@H](O)C(=O)O. The number of methoxy groups -OCH3 is 1. The Morgan fingerprint density at radius 1 is 1.23 bits per heavy atom. The van der Waals surface area contributed by atoms with Crippen molar-refractivity contribution in [3.8, 4) is 11.8 Å². The van der Waals surface area contributed by atoms with Gasteiger partial charge in [0.25, 0.3) is 0 Å². The Balaban J connectivity index is 0.000000294. The van der Waals surface area contributed by atoms with Gasteiger partial charge in [0.2, 0.25) is 0 Å². The minimum atomic E-state index is -2.27. The summed E-state index contributed by atoms with van der Waals surface area (Å²) in [5, 5.41) is 41.5. The predicted octanol–water partition coefficient (Wildman–Crippen LogP) is 0.0612. The molecular weight excluding hydrogens is 344 g/mol. The lowest BCUT2D eigenvalue weighted by molar-refractivity contribution is -0.165. The van der Waals surface area contributed by atoms with Gasteiger partial charge in [-0.05, 0) is 42.9 Å². The minimum absolute atomic E-state index is 0.413. The van der Waals surface area contributed by atoms with E-state index in [0.29, 0.717) is 5.92 Å². The largest absolute Gasteiger partial charge is 0.497 e. The monoisotopic (exact) mass is 366 g/mol. The molecule has 1 fully saturated rings. The second-order valence-electron chi connectivity index (χ2n) is 6.05. The van der Waals surface area contributed by atoms with E-state index >= 15 is 0 Å². The van der Waals surface area contributed by atoms with E-state index in [9.17, 15) is 9.59 Å². The van der Waals surface area contributed by atoms with Crippen LogP contribution in [0.15, 0.2) is 24.3 Å². The second kappa shape index (κ2) is 9.15. The van der Waals surface area contributed by atoms with Gasteiger partial charge in [-0.15, -0.1) is 0 Å². The molecule has 0 saturated heterocycles. The van der Waals surface area contributed by atoms with Gasteiger partial charge in [-0.3, -0.25) is 0 Å². The highest BCUT2D eigenvalue weighted by Crippen LogP contribution is 2.39. The van der Waals surface area contributed by atoms with E-state index in [1.807, 2.05) is 12.1 Å². The Hall–Kier alpha value is -2.67. The molecule has 9 nitrogen and oxygen atoms in total. The van der Waals surface area contributed by atoms with Crippen LogP contribution in [0.5, 0.6) is 5.75 Å². The molecule has 0 aromatic heterocycles. The Labute approximate surface area is 150 Å². The molecule has 0 bridgehead atoms. The quantitative estimate of drug-likeness (QED) is 0.482. The van der Waals surface area contributed by atoms with Gasteiger partial charge < -0.3 is 30.9 Å². The zero-order valence-electron chi connectivity index (χ0n) is 14.2. The van der Waals surface area contributed by atoms with Crippen molar-refractivity contribution in [3.63, 3.8) is 0 Å². The van der Waals surface area contributed by atoms with E-state index in [0.717, 1.165) is 25.0 Å². The van der Waals surface area contributed by atoms with Gasteiger partial charge in [0.15, 0.2) is 12.2 Å². The lowest BCUT2D eigenvalue weighted by Gasteiger charge is -2.14. The Bertz CT molecular complexity index is 653. The molecule has 0 aliphatic heterocycles. The van der Waals surface area contributed by atoms with Gasteiger partial charge in [-0.2, -0.15) is 5.26 Å². The molecule has 1 aromatic rings. The number of aliphatic hydroxyl groups is 2. The maximum absolute atomic E-state index is 9.77. The van der Waals surface area contributed by atoms with Gasteiger partial charge in [-0.1, -0.05) is 12.1 Å². The van der Waals surface area contributed by atoms with Crippen LogP contribution in [-0.2, 0) is 9.59 Å². The number of carbonyl (C=O) groups is 2. The highest BCUT2D eigenvalue weighted by Gasteiger charge is 2.36. The van der Waals surface area contributed by atoms with Crippen LogP contribution < -0.4 is 10.5 Å². The zero-order chi connectivity index (χ0) is 19.9. The molecule has 0 heterocycles. The lowest BCUT2D eigenvalue weighted by atomic mass is 9.94. The third kappa shape index (κ3) is 5.70. The van der Waals surface area contributed by atoms with Crippen LogP contribution in [0.3, 0.4) is 0 Å². The molecule has 2 rings (SSSR count). The average molecular weight is 366 g/mol. The van der Waals surface area contributed by atoms with Crippen LogP contribution in [-0.4, -0.2) is 57.2 Å². The number of nitriles is 1. The van der Waals surface area contributed by atoms with Crippen molar-refractivity contribution >= 4 is 11.9 Å². The first kappa shape index (κ1) is 21.4. The van der Waals surface area contributed by atoms with Crippen molar-refractivity contribution in [1.29, 1.82) is 5.26 Å². The number of aliphatic hydroxyl groups excluding tert-OH is 2. The molecule has 1 saturated carbocycles. The summed E-state index contributed by atoms with van der Waals surface area (Å²) in [6.07, 6.45) is -1.98. The normalized spacial score (nSPS) is 23.7.